The molecule has 0 radical (unpaired) electrons. The molecule has 0 heterocycles. The van der Waals surface area contributed by atoms with Crippen LogP contribution in [0.1, 0.15) is 19.4 Å². The van der Waals surface area contributed by atoms with Crippen molar-refractivity contribution in [2.24, 2.45) is 5.73 Å². The van der Waals surface area contributed by atoms with Gasteiger partial charge < -0.3 is 10.5 Å². The number of hydrogen-bond acceptors (Lipinski definition) is 2. The van der Waals surface area contributed by atoms with Gasteiger partial charge >= 0.3 is 0 Å². The van der Waals surface area contributed by atoms with Crippen LogP contribution < -0.4 is 10.5 Å². The second-order valence-electron chi connectivity index (χ2n) is 3.28. The standard InChI is InChI=1S/C11H16BrNO/c1-3-9-4-5-11(10(12)6-9)14-8(2)7-13/h4-6,8H,3,7,13H2,1-2H3. The zero-order valence-electron chi connectivity index (χ0n) is 8.59. The fourth-order valence-electron chi connectivity index (χ4n) is 1.12. The van der Waals surface area contributed by atoms with Gasteiger partial charge in [0.15, 0.2) is 0 Å². The molecule has 2 N–H and O–H groups in total. The Labute approximate surface area is 93.6 Å². The van der Waals surface area contributed by atoms with Crippen LogP contribution in [0.4, 0.5) is 0 Å². The average Bonchev–Trinajstić information content (AvgIpc) is 2.20. The molecule has 0 saturated carbocycles. The van der Waals surface area contributed by atoms with E-state index in [-0.39, 0.29) is 6.10 Å². The number of benzene rings is 1. The minimum atomic E-state index is 0.0544. The van der Waals surface area contributed by atoms with Crippen molar-refractivity contribution in [1.29, 1.82) is 0 Å². The highest BCUT2D eigenvalue weighted by molar-refractivity contribution is 9.10. The van der Waals surface area contributed by atoms with Crippen LogP contribution >= 0.6 is 15.9 Å². The van der Waals surface area contributed by atoms with Crippen LogP contribution in [0.25, 0.3) is 0 Å². The summed E-state index contributed by atoms with van der Waals surface area (Å²) in [6.07, 6.45) is 1.09. The minimum absolute atomic E-state index is 0.0544. The zero-order chi connectivity index (χ0) is 10.6. The first-order valence-corrected chi connectivity index (χ1v) is 5.61. The summed E-state index contributed by atoms with van der Waals surface area (Å²) in [6, 6.07) is 6.14. The predicted octanol–water partition coefficient (Wildman–Crippen LogP) is 2.74. The van der Waals surface area contributed by atoms with E-state index in [9.17, 15) is 0 Å². The van der Waals surface area contributed by atoms with Crippen LogP contribution in [0.15, 0.2) is 22.7 Å². The van der Waals surface area contributed by atoms with E-state index in [0.29, 0.717) is 6.54 Å². The second kappa shape index (κ2) is 5.37. The van der Waals surface area contributed by atoms with Gasteiger partial charge in [-0.15, -0.1) is 0 Å². The van der Waals surface area contributed by atoms with Gasteiger partial charge in [0.25, 0.3) is 0 Å². The van der Waals surface area contributed by atoms with Crippen molar-refractivity contribution < 1.29 is 4.74 Å². The summed E-state index contributed by atoms with van der Waals surface area (Å²) in [4.78, 5) is 0. The van der Waals surface area contributed by atoms with E-state index < -0.39 is 0 Å². The number of rotatable bonds is 4. The molecule has 1 atom stereocenters. The molecule has 0 aliphatic rings. The quantitative estimate of drug-likeness (QED) is 0.901. The molecule has 1 aromatic rings. The van der Waals surface area contributed by atoms with Crippen molar-refractivity contribution in [3.63, 3.8) is 0 Å². The van der Waals surface area contributed by atoms with Gasteiger partial charge in [0.2, 0.25) is 0 Å². The van der Waals surface area contributed by atoms with Crippen molar-refractivity contribution in [2.45, 2.75) is 26.4 Å². The molecule has 0 saturated heterocycles. The largest absolute Gasteiger partial charge is 0.488 e. The highest BCUT2D eigenvalue weighted by Gasteiger charge is 2.05. The fourth-order valence-corrected chi connectivity index (χ4v) is 1.64. The second-order valence-corrected chi connectivity index (χ2v) is 4.14. The van der Waals surface area contributed by atoms with E-state index in [1.165, 1.54) is 5.56 Å². The Hall–Kier alpha value is -0.540. The van der Waals surface area contributed by atoms with Gasteiger partial charge in [-0.25, -0.2) is 0 Å². The average molecular weight is 258 g/mol. The molecule has 0 fully saturated rings. The van der Waals surface area contributed by atoms with Gasteiger partial charge in [-0.2, -0.15) is 0 Å². The number of ether oxygens (including phenoxy) is 1. The Morgan fingerprint density at radius 1 is 1.50 bits per heavy atom. The molecule has 78 valence electrons. The SMILES string of the molecule is CCc1ccc(OC(C)CN)c(Br)c1. The first kappa shape index (κ1) is 11.5. The number of hydrogen-bond donors (Lipinski definition) is 1. The van der Waals surface area contributed by atoms with E-state index in [4.69, 9.17) is 10.5 Å². The molecule has 14 heavy (non-hydrogen) atoms. The minimum Gasteiger partial charge on any atom is -0.488 e. The molecule has 0 aliphatic heterocycles. The van der Waals surface area contributed by atoms with Crippen LogP contribution in [-0.4, -0.2) is 12.6 Å². The molecular formula is C11H16BrNO. The Balaban J connectivity index is 2.78. The molecule has 0 spiro atoms. The van der Waals surface area contributed by atoms with E-state index in [0.717, 1.165) is 16.6 Å². The van der Waals surface area contributed by atoms with Crippen molar-refractivity contribution >= 4 is 15.9 Å². The van der Waals surface area contributed by atoms with Crippen LogP contribution in [-0.2, 0) is 6.42 Å². The van der Waals surface area contributed by atoms with Crippen LogP contribution in [0.5, 0.6) is 5.75 Å². The van der Waals surface area contributed by atoms with Crippen molar-refractivity contribution in [1.82, 2.24) is 0 Å². The topological polar surface area (TPSA) is 35.2 Å². The lowest BCUT2D eigenvalue weighted by Gasteiger charge is -2.14. The third kappa shape index (κ3) is 3.00. The molecule has 0 aliphatic carbocycles. The Kier molecular flexibility index (Phi) is 4.42. The fraction of sp³-hybridized carbons (Fsp3) is 0.455. The molecule has 0 aromatic heterocycles. The summed E-state index contributed by atoms with van der Waals surface area (Å²) in [5, 5.41) is 0. The third-order valence-corrected chi connectivity index (χ3v) is 2.68. The molecule has 0 bridgehead atoms. The smallest absolute Gasteiger partial charge is 0.133 e. The van der Waals surface area contributed by atoms with E-state index >= 15 is 0 Å². The summed E-state index contributed by atoms with van der Waals surface area (Å²) in [5.41, 5.74) is 6.78. The summed E-state index contributed by atoms with van der Waals surface area (Å²) in [6.45, 7) is 4.62. The predicted molar refractivity (Wildman–Crippen MR) is 62.7 cm³/mol. The lowest BCUT2D eigenvalue weighted by Crippen LogP contribution is -2.22. The van der Waals surface area contributed by atoms with Gasteiger partial charge in [0.05, 0.1) is 4.47 Å². The highest BCUT2D eigenvalue weighted by atomic mass is 79.9. The molecule has 1 aromatic carbocycles. The molecule has 3 heteroatoms. The molecule has 0 amide bonds. The maximum atomic E-state index is 5.62. The van der Waals surface area contributed by atoms with Gasteiger partial charge in [0.1, 0.15) is 11.9 Å². The molecular weight excluding hydrogens is 242 g/mol. The molecule has 1 unspecified atom stereocenters. The van der Waals surface area contributed by atoms with E-state index in [1.54, 1.807) is 0 Å². The zero-order valence-corrected chi connectivity index (χ0v) is 10.2. The Morgan fingerprint density at radius 3 is 2.71 bits per heavy atom. The Bertz CT molecular complexity index is 301. The maximum absolute atomic E-state index is 5.62. The third-order valence-electron chi connectivity index (χ3n) is 2.06. The van der Waals surface area contributed by atoms with Crippen LogP contribution in [0.3, 0.4) is 0 Å². The van der Waals surface area contributed by atoms with Crippen molar-refractivity contribution in [3.05, 3.63) is 28.2 Å². The van der Waals surface area contributed by atoms with Gasteiger partial charge in [-0.3, -0.25) is 0 Å². The number of aryl methyl sites for hydroxylation is 1. The first-order valence-electron chi connectivity index (χ1n) is 4.82. The van der Waals surface area contributed by atoms with Crippen molar-refractivity contribution in [2.75, 3.05) is 6.54 Å². The Morgan fingerprint density at radius 2 is 2.21 bits per heavy atom. The summed E-state index contributed by atoms with van der Waals surface area (Å²) in [5.74, 6) is 0.861. The summed E-state index contributed by atoms with van der Waals surface area (Å²) in [7, 11) is 0. The van der Waals surface area contributed by atoms with Crippen LogP contribution in [0.2, 0.25) is 0 Å². The van der Waals surface area contributed by atoms with Crippen molar-refractivity contribution in [3.8, 4) is 5.75 Å². The monoisotopic (exact) mass is 257 g/mol. The van der Waals surface area contributed by atoms with E-state index in [2.05, 4.69) is 35.0 Å². The van der Waals surface area contributed by atoms with Crippen LogP contribution in [0, 0.1) is 0 Å². The van der Waals surface area contributed by atoms with E-state index in [1.807, 2.05) is 13.0 Å². The lowest BCUT2D eigenvalue weighted by atomic mass is 10.2. The number of nitrogens with two attached hydrogens (primary N) is 1. The lowest BCUT2D eigenvalue weighted by molar-refractivity contribution is 0.228. The summed E-state index contributed by atoms with van der Waals surface area (Å²) < 4.78 is 6.62. The normalized spacial score (nSPS) is 12.6. The molecule has 1 rings (SSSR count). The summed E-state index contributed by atoms with van der Waals surface area (Å²) >= 11 is 3.48. The first-order chi connectivity index (χ1) is 6.67. The number of halogens is 1. The van der Waals surface area contributed by atoms with Gasteiger partial charge in [0, 0.05) is 6.54 Å². The maximum Gasteiger partial charge on any atom is 0.133 e. The highest BCUT2D eigenvalue weighted by Crippen LogP contribution is 2.26. The molecule has 2 nitrogen and oxygen atoms in total. The van der Waals surface area contributed by atoms with Gasteiger partial charge in [-0.05, 0) is 47.0 Å². The van der Waals surface area contributed by atoms with Gasteiger partial charge in [-0.1, -0.05) is 13.0 Å².